The highest BCUT2D eigenvalue weighted by Crippen LogP contribution is 2.34. The van der Waals surface area contributed by atoms with Gasteiger partial charge in [0.15, 0.2) is 5.78 Å². The second kappa shape index (κ2) is 6.02. The smallest absolute Gasteiger partial charge is 0.161 e. The molecule has 21 heavy (non-hydrogen) atoms. The van der Waals surface area contributed by atoms with E-state index in [0.717, 1.165) is 35.2 Å². The monoisotopic (exact) mass is 343 g/mol. The van der Waals surface area contributed by atoms with E-state index in [1.807, 2.05) is 12.1 Å². The number of hydrogen-bond donors (Lipinski definition) is 0. The fourth-order valence-corrected chi connectivity index (χ4v) is 3.39. The molecule has 1 fully saturated rings. The van der Waals surface area contributed by atoms with Gasteiger partial charge in [0.05, 0.1) is 0 Å². The maximum atomic E-state index is 11.8. The topological polar surface area (TPSA) is 20.3 Å². The van der Waals surface area contributed by atoms with Gasteiger partial charge in [-0.05, 0) is 37.1 Å². The Bertz CT molecular complexity index is 654. The van der Waals surface area contributed by atoms with Crippen LogP contribution in [0.1, 0.15) is 35.2 Å². The zero-order valence-corrected chi connectivity index (χ0v) is 13.6. The summed E-state index contributed by atoms with van der Waals surface area (Å²) in [6.07, 6.45) is 1.13. The van der Waals surface area contributed by atoms with E-state index in [9.17, 15) is 4.79 Å². The van der Waals surface area contributed by atoms with Gasteiger partial charge in [-0.3, -0.25) is 4.79 Å². The van der Waals surface area contributed by atoms with Gasteiger partial charge >= 0.3 is 0 Å². The molecule has 1 aliphatic heterocycles. The third kappa shape index (κ3) is 3.03. The molecule has 0 spiro atoms. The third-order valence-electron chi connectivity index (χ3n) is 4.14. The maximum absolute atomic E-state index is 11.8. The Labute approximate surface area is 133 Å². The molecule has 2 aromatic carbocycles. The molecule has 1 aliphatic rings. The summed E-state index contributed by atoms with van der Waals surface area (Å²) in [6.45, 7) is 3.61. The van der Waals surface area contributed by atoms with Crippen molar-refractivity contribution < 1.29 is 4.79 Å². The van der Waals surface area contributed by atoms with E-state index >= 15 is 0 Å². The molecule has 0 amide bonds. The molecular formula is C18H18BrNO. The van der Waals surface area contributed by atoms with Crippen molar-refractivity contribution in [1.82, 2.24) is 0 Å². The van der Waals surface area contributed by atoms with Crippen LogP contribution in [-0.4, -0.2) is 18.9 Å². The number of hydrogen-bond acceptors (Lipinski definition) is 2. The maximum Gasteiger partial charge on any atom is 0.161 e. The Morgan fingerprint density at radius 1 is 1.19 bits per heavy atom. The zero-order valence-electron chi connectivity index (χ0n) is 12.1. The van der Waals surface area contributed by atoms with E-state index in [1.165, 1.54) is 5.56 Å². The van der Waals surface area contributed by atoms with Crippen molar-refractivity contribution in [1.29, 1.82) is 0 Å². The Morgan fingerprint density at radius 3 is 2.67 bits per heavy atom. The number of rotatable bonds is 3. The standard InChI is InChI=1S/C18H18BrNO/c1-13(21)17-8-7-16(19)11-18(17)20-10-9-15(12-20)14-5-3-2-4-6-14/h2-8,11,15H,9-10,12H2,1H3. The number of benzene rings is 2. The van der Waals surface area contributed by atoms with Crippen molar-refractivity contribution in [3.05, 3.63) is 64.1 Å². The number of nitrogens with zero attached hydrogens (tertiary/aromatic N) is 1. The number of Topliss-reactive ketones (excluding diaryl/α,β-unsaturated/α-hetero) is 1. The minimum atomic E-state index is 0.126. The van der Waals surface area contributed by atoms with Crippen molar-refractivity contribution in [3.63, 3.8) is 0 Å². The molecule has 3 rings (SSSR count). The molecule has 1 heterocycles. The summed E-state index contributed by atoms with van der Waals surface area (Å²) in [5, 5.41) is 0. The number of carbonyl (C=O) groups is 1. The highest BCUT2D eigenvalue weighted by Gasteiger charge is 2.26. The van der Waals surface area contributed by atoms with Crippen molar-refractivity contribution in [2.24, 2.45) is 0 Å². The lowest BCUT2D eigenvalue weighted by Crippen LogP contribution is -2.21. The highest BCUT2D eigenvalue weighted by atomic mass is 79.9. The molecule has 0 radical (unpaired) electrons. The van der Waals surface area contributed by atoms with Gasteiger partial charge in [0.25, 0.3) is 0 Å². The lowest BCUT2D eigenvalue weighted by atomic mass is 9.99. The lowest BCUT2D eigenvalue weighted by molar-refractivity contribution is 0.101. The molecule has 0 aromatic heterocycles. The van der Waals surface area contributed by atoms with Gasteiger partial charge in [-0.2, -0.15) is 0 Å². The first-order valence-electron chi connectivity index (χ1n) is 7.25. The van der Waals surface area contributed by atoms with Crippen LogP contribution in [0, 0.1) is 0 Å². The molecule has 0 bridgehead atoms. The van der Waals surface area contributed by atoms with Gasteiger partial charge in [0.2, 0.25) is 0 Å². The Balaban J connectivity index is 1.86. The Morgan fingerprint density at radius 2 is 1.95 bits per heavy atom. The molecule has 0 saturated carbocycles. The van der Waals surface area contributed by atoms with E-state index in [1.54, 1.807) is 6.92 Å². The van der Waals surface area contributed by atoms with Crippen LogP contribution >= 0.6 is 15.9 Å². The van der Waals surface area contributed by atoms with Crippen molar-refractivity contribution in [2.75, 3.05) is 18.0 Å². The van der Waals surface area contributed by atoms with Crippen LogP contribution in [0.25, 0.3) is 0 Å². The van der Waals surface area contributed by atoms with Crippen LogP contribution in [0.3, 0.4) is 0 Å². The van der Waals surface area contributed by atoms with Crippen LogP contribution in [0.2, 0.25) is 0 Å². The molecule has 0 aliphatic carbocycles. The average molecular weight is 344 g/mol. The number of ketones is 1. The average Bonchev–Trinajstić information content (AvgIpc) is 2.97. The Kier molecular flexibility index (Phi) is 4.11. The highest BCUT2D eigenvalue weighted by molar-refractivity contribution is 9.10. The molecule has 2 aromatic rings. The molecule has 1 unspecified atom stereocenters. The zero-order chi connectivity index (χ0) is 14.8. The van der Waals surface area contributed by atoms with Gasteiger partial charge in [-0.15, -0.1) is 0 Å². The fourth-order valence-electron chi connectivity index (χ4n) is 3.04. The van der Waals surface area contributed by atoms with E-state index in [0.29, 0.717) is 5.92 Å². The normalized spacial score (nSPS) is 18.0. The van der Waals surface area contributed by atoms with Gasteiger partial charge in [0.1, 0.15) is 0 Å². The van der Waals surface area contributed by atoms with E-state index in [-0.39, 0.29) is 5.78 Å². The van der Waals surface area contributed by atoms with Gasteiger partial charge in [-0.1, -0.05) is 46.3 Å². The molecular weight excluding hydrogens is 326 g/mol. The first-order valence-corrected chi connectivity index (χ1v) is 8.05. The quantitative estimate of drug-likeness (QED) is 0.756. The molecule has 3 heteroatoms. The summed E-state index contributed by atoms with van der Waals surface area (Å²) in [7, 11) is 0. The van der Waals surface area contributed by atoms with Crippen molar-refractivity contribution >= 4 is 27.4 Å². The second-order valence-corrected chi connectivity index (χ2v) is 6.48. The van der Waals surface area contributed by atoms with Crippen LogP contribution in [-0.2, 0) is 0 Å². The number of anilines is 1. The predicted molar refractivity (Wildman–Crippen MR) is 90.2 cm³/mol. The minimum absolute atomic E-state index is 0.126. The summed E-state index contributed by atoms with van der Waals surface area (Å²) in [5.41, 5.74) is 3.25. The van der Waals surface area contributed by atoms with Crippen molar-refractivity contribution in [2.45, 2.75) is 19.3 Å². The molecule has 0 N–H and O–H groups in total. The fraction of sp³-hybridized carbons (Fsp3) is 0.278. The van der Waals surface area contributed by atoms with E-state index < -0.39 is 0 Å². The molecule has 2 nitrogen and oxygen atoms in total. The summed E-state index contributed by atoms with van der Waals surface area (Å²) in [5.74, 6) is 0.672. The first kappa shape index (κ1) is 14.3. The molecule has 1 saturated heterocycles. The lowest BCUT2D eigenvalue weighted by Gasteiger charge is -2.22. The van der Waals surface area contributed by atoms with E-state index in [4.69, 9.17) is 0 Å². The van der Waals surface area contributed by atoms with Crippen LogP contribution < -0.4 is 4.90 Å². The number of halogens is 1. The second-order valence-electron chi connectivity index (χ2n) is 5.56. The van der Waals surface area contributed by atoms with E-state index in [2.05, 4.69) is 57.2 Å². The molecule has 108 valence electrons. The molecule has 1 atom stereocenters. The SMILES string of the molecule is CC(=O)c1ccc(Br)cc1N1CCC(c2ccccc2)C1. The van der Waals surface area contributed by atoms with Crippen LogP contribution in [0.15, 0.2) is 53.0 Å². The van der Waals surface area contributed by atoms with Crippen molar-refractivity contribution in [3.8, 4) is 0 Å². The summed E-state index contributed by atoms with van der Waals surface area (Å²) in [6, 6.07) is 16.5. The van der Waals surface area contributed by atoms with Crippen LogP contribution in [0.4, 0.5) is 5.69 Å². The summed E-state index contributed by atoms with van der Waals surface area (Å²) in [4.78, 5) is 14.2. The minimum Gasteiger partial charge on any atom is -0.370 e. The van der Waals surface area contributed by atoms with Gasteiger partial charge in [-0.25, -0.2) is 0 Å². The third-order valence-corrected chi connectivity index (χ3v) is 4.63. The number of carbonyl (C=O) groups excluding carboxylic acids is 1. The van der Waals surface area contributed by atoms with Crippen LogP contribution in [0.5, 0.6) is 0 Å². The largest absolute Gasteiger partial charge is 0.370 e. The van der Waals surface area contributed by atoms with Gasteiger partial charge < -0.3 is 4.90 Å². The summed E-state index contributed by atoms with van der Waals surface area (Å²) < 4.78 is 1.02. The Hall–Kier alpha value is -1.61. The predicted octanol–water partition coefficient (Wildman–Crippen LogP) is 4.65. The van der Waals surface area contributed by atoms with Gasteiger partial charge in [0, 0.05) is 34.7 Å². The first-order chi connectivity index (χ1) is 10.1. The summed E-state index contributed by atoms with van der Waals surface area (Å²) >= 11 is 3.51.